The van der Waals surface area contributed by atoms with Crippen molar-refractivity contribution in [2.45, 2.75) is 11.8 Å². The summed E-state index contributed by atoms with van der Waals surface area (Å²) in [6.45, 7) is 1.32. The average Bonchev–Trinajstić information content (AvgIpc) is 2.49. The minimum absolute atomic E-state index is 0.00390. The first-order valence-electron chi connectivity index (χ1n) is 6.62. The second kappa shape index (κ2) is 7.42. The number of nitrogens with one attached hydrogen (secondary N) is 1. The van der Waals surface area contributed by atoms with Gasteiger partial charge in [-0.1, -0.05) is 33.6 Å². The number of sulfonamides is 1. The van der Waals surface area contributed by atoms with Gasteiger partial charge in [-0.25, -0.2) is 13.2 Å². The number of anilines is 1. The Bertz CT molecular complexity index is 885. The topological polar surface area (TPSA) is 92.7 Å². The molecule has 0 heterocycles. The highest BCUT2D eigenvalue weighted by molar-refractivity contribution is 9.10. The van der Waals surface area contributed by atoms with Crippen molar-refractivity contribution in [2.24, 2.45) is 0 Å². The molecule has 6 nitrogen and oxygen atoms in total. The van der Waals surface area contributed by atoms with Crippen LogP contribution in [0.25, 0.3) is 0 Å². The second-order valence-corrected chi connectivity index (χ2v) is 7.79. The standard InChI is InChI=1S/C15H13BrClNO5S/c1-9-2-3-10(6-12(9)16)18-24(21,22)11-4-5-14(13(17)7-11)23-8-15(19)20/h2-7,18H,8H2,1H3,(H,19,20). The fourth-order valence-electron chi connectivity index (χ4n) is 1.78. The van der Waals surface area contributed by atoms with Crippen molar-refractivity contribution in [3.8, 4) is 5.75 Å². The quantitative estimate of drug-likeness (QED) is 0.723. The molecule has 2 aromatic rings. The number of benzene rings is 2. The number of hydrogen-bond acceptors (Lipinski definition) is 4. The third-order valence-corrected chi connectivity index (χ3v) is 5.52. The van der Waals surface area contributed by atoms with E-state index in [0.717, 1.165) is 10.0 Å². The van der Waals surface area contributed by atoms with Crippen molar-refractivity contribution >= 4 is 49.2 Å². The van der Waals surface area contributed by atoms with Crippen molar-refractivity contribution in [3.05, 3.63) is 51.5 Å². The minimum Gasteiger partial charge on any atom is -0.480 e. The summed E-state index contributed by atoms with van der Waals surface area (Å²) in [4.78, 5) is 10.4. The SMILES string of the molecule is Cc1ccc(NS(=O)(=O)c2ccc(OCC(=O)O)c(Cl)c2)cc1Br. The number of carbonyl (C=O) groups is 1. The molecule has 0 bridgehead atoms. The van der Waals surface area contributed by atoms with Crippen molar-refractivity contribution in [3.63, 3.8) is 0 Å². The van der Waals surface area contributed by atoms with Crippen LogP contribution in [0.1, 0.15) is 5.56 Å². The molecule has 0 atom stereocenters. The molecular weight excluding hydrogens is 422 g/mol. The molecule has 0 saturated heterocycles. The highest BCUT2D eigenvalue weighted by Crippen LogP contribution is 2.29. The number of ether oxygens (including phenoxy) is 1. The number of rotatable bonds is 6. The number of aryl methyl sites for hydroxylation is 1. The van der Waals surface area contributed by atoms with Gasteiger partial charge in [-0.05, 0) is 42.8 Å². The van der Waals surface area contributed by atoms with Crippen LogP contribution in [0, 0.1) is 6.92 Å². The molecule has 0 unspecified atom stereocenters. The van der Waals surface area contributed by atoms with E-state index in [1.807, 2.05) is 6.92 Å². The maximum absolute atomic E-state index is 12.4. The van der Waals surface area contributed by atoms with Gasteiger partial charge in [-0.2, -0.15) is 0 Å². The monoisotopic (exact) mass is 433 g/mol. The normalized spacial score (nSPS) is 11.1. The van der Waals surface area contributed by atoms with Gasteiger partial charge in [0, 0.05) is 10.2 Å². The Morgan fingerprint density at radius 1 is 1.29 bits per heavy atom. The number of carboxylic acids is 1. The molecule has 24 heavy (non-hydrogen) atoms. The smallest absolute Gasteiger partial charge is 0.341 e. The fourth-order valence-corrected chi connectivity index (χ4v) is 3.53. The van der Waals surface area contributed by atoms with Gasteiger partial charge in [0.05, 0.1) is 9.92 Å². The number of aliphatic carboxylic acids is 1. The summed E-state index contributed by atoms with van der Waals surface area (Å²) in [7, 11) is -3.84. The fraction of sp³-hybridized carbons (Fsp3) is 0.133. The van der Waals surface area contributed by atoms with Crippen molar-refractivity contribution in [1.82, 2.24) is 0 Å². The molecular formula is C15H13BrClNO5S. The van der Waals surface area contributed by atoms with Crippen molar-refractivity contribution in [2.75, 3.05) is 11.3 Å². The van der Waals surface area contributed by atoms with E-state index in [-0.39, 0.29) is 15.7 Å². The molecule has 0 amide bonds. The molecule has 0 fully saturated rings. The predicted molar refractivity (Wildman–Crippen MR) is 94.3 cm³/mol. The van der Waals surface area contributed by atoms with E-state index in [1.54, 1.807) is 18.2 Å². The first-order chi connectivity index (χ1) is 11.2. The van der Waals surface area contributed by atoms with Gasteiger partial charge < -0.3 is 9.84 Å². The van der Waals surface area contributed by atoms with Gasteiger partial charge in [0.2, 0.25) is 0 Å². The Labute approximate surface area is 152 Å². The molecule has 0 aliphatic rings. The van der Waals surface area contributed by atoms with E-state index in [1.165, 1.54) is 18.2 Å². The maximum Gasteiger partial charge on any atom is 0.341 e. The number of carboxylic acid groups (broad SMARTS) is 1. The summed E-state index contributed by atoms with van der Waals surface area (Å²) in [6, 6.07) is 8.87. The summed E-state index contributed by atoms with van der Waals surface area (Å²) in [5, 5.41) is 8.58. The lowest BCUT2D eigenvalue weighted by atomic mass is 10.2. The van der Waals surface area contributed by atoms with Gasteiger partial charge in [0.1, 0.15) is 5.75 Å². The molecule has 0 aromatic heterocycles. The first kappa shape index (κ1) is 18.6. The molecule has 128 valence electrons. The van der Waals surface area contributed by atoms with E-state index in [0.29, 0.717) is 5.69 Å². The minimum atomic E-state index is -3.84. The van der Waals surface area contributed by atoms with Crippen molar-refractivity contribution < 1.29 is 23.1 Å². The van der Waals surface area contributed by atoms with E-state index in [2.05, 4.69) is 20.7 Å². The molecule has 9 heteroatoms. The highest BCUT2D eigenvalue weighted by Gasteiger charge is 2.17. The lowest BCUT2D eigenvalue weighted by Gasteiger charge is -2.11. The molecule has 0 aliphatic heterocycles. The zero-order valence-corrected chi connectivity index (χ0v) is 15.6. The van der Waals surface area contributed by atoms with Crippen LogP contribution in [-0.2, 0) is 14.8 Å². The lowest BCUT2D eigenvalue weighted by Crippen LogP contribution is -2.13. The molecule has 0 saturated carbocycles. The summed E-state index contributed by atoms with van der Waals surface area (Å²) >= 11 is 9.29. The summed E-state index contributed by atoms with van der Waals surface area (Å²) in [6.07, 6.45) is 0. The van der Waals surface area contributed by atoms with E-state index < -0.39 is 22.6 Å². The Morgan fingerprint density at radius 2 is 2.00 bits per heavy atom. The molecule has 0 radical (unpaired) electrons. The second-order valence-electron chi connectivity index (χ2n) is 4.84. The van der Waals surface area contributed by atoms with Gasteiger partial charge in [0.25, 0.3) is 10.0 Å². The van der Waals surface area contributed by atoms with E-state index >= 15 is 0 Å². The van der Waals surface area contributed by atoms with Gasteiger partial charge in [0.15, 0.2) is 6.61 Å². The molecule has 2 rings (SSSR count). The Kier molecular flexibility index (Phi) is 5.74. The highest BCUT2D eigenvalue weighted by atomic mass is 79.9. The average molecular weight is 435 g/mol. The van der Waals surface area contributed by atoms with Crippen LogP contribution in [0.3, 0.4) is 0 Å². The van der Waals surface area contributed by atoms with Crippen LogP contribution < -0.4 is 9.46 Å². The van der Waals surface area contributed by atoms with Crippen LogP contribution in [-0.4, -0.2) is 26.1 Å². The Morgan fingerprint density at radius 3 is 2.58 bits per heavy atom. The number of halogens is 2. The van der Waals surface area contributed by atoms with Crippen LogP contribution in [0.2, 0.25) is 5.02 Å². The molecule has 0 spiro atoms. The third-order valence-electron chi connectivity index (χ3n) is 2.99. The Hall–Kier alpha value is -1.77. The summed E-state index contributed by atoms with van der Waals surface area (Å²) < 4.78 is 33.0. The van der Waals surface area contributed by atoms with Crippen LogP contribution in [0.15, 0.2) is 45.8 Å². The number of hydrogen-bond donors (Lipinski definition) is 2. The lowest BCUT2D eigenvalue weighted by molar-refractivity contribution is -0.139. The van der Waals surface area contributed by atoms with Crippen LogP contribution >= 0.6 is 27.5 Å². The van der Waals surface area contributed by atoms with Crippen LogP contribution in [0.5, 0.6) is 5.75 Å². The van der Waals surface area contributed by atoms with Crippen LogP contribution in [0.4, 0.5) is 5.69 Å². The van der Waals surface area contributed by atoms with Gasteiger partial charge >= 0.3 is 5.97 Å². The molecule has 2 N–H and O–H groups in total. The van der Waals surface area contributed by atoms with E-state index in [9.17, 15) is 13.2 Å². The molecule has 0 aliphatic carbocycles. The zero-order valence-electron chi connectivity index (χ0n) is 12.4. The third kappa shape index (κ3) is 4.62. The molecule has 2 aromatic carbocycles. The Balaban J connectivity index is 2.24. The van der Waals surface area contributed by atoms with Crippen molar-refractivity contribution in [1.29, 1.82) is 0 Å². The van der Waals surface area contributed by atoms with Gasteiger partial charge in [-0.3, -0.25) is 4.72 Å². The first-order valence-corrected chi connectivity index (χ1v) is 9.27. The van der Waals surface area contributed by atoms with E-state index in [4.69, 9.17) is 21.4 Å². The zero-order chi connectivity index (χ0) is 17.9. The maximum atomic E-state index is 12.4. The largest absolute Gasteiger partial charge is 0.480 e. The summed E-state index contributed by atoms with van der Waals surface area (Å²) in [5.74, 6) is -1.06. The predicted octanol–water partition coefficient (Wildman–Crippen LogP) is 3.68. The van der Waals surface area contributed by atoms with Gasteiger partial charge in [-0.15, -0.1) is 0 Å². The summed E-state index contributed by atoms with van der Waals surface area (Å²) in [5.41, 5.74) is 1.37.